The van der Waals surface area contributed by atoms with Crippen molar-refractivity contribution in [2.45, 2.75) is 13.1 Å². The van der Waals surface area contributed by atoms with Crippen molar-refractivity contribution in [2.24, 2.45) is 0 Å². The van der Waals surface area contributed by atoms with E-state index >= 15 is 0 Å². The second-order valence-electron chi connectivity index (χ2n) is 7.49. The average molecular weight is 464 g/mol. The van der Waals surface area contributed by atoms with Gasteiger partial charge in [0.25, 0.3) is 0 Å². The quantitative estimate of drug-likeness (QED) is 0.489. The van der Waals surface area contributed by atoms with Crippen molar-refractivity contribution >= 4 is 17.6 Å². The summed E-state index contributed by atoms with van der Waals surface area (Å²) < 4.78 is 23.8. The van der Waals surface area contributed by atoms with Gasteiger partial charge in [-0.25, -0.2) is 9.18 Å². The number of urea groups is 1. The number of hydrogen-bond donors (Lipinski definition) is 1. The second-order valence-corrected chi connectivity index (χ2v) is 7.49. The molecule has 0 atom stereocenters. The monoisotopic (exact) mass is 464 g/mol. The summed E-state index contributed by atoms with van der Waals surface area (Å²) in [6, 6.07) is 17.3. The second kappa shape index (κ2) is 12.2. The van der Waals surface area contributed by atoms with Crippen LogP contribution in [-0.4, -0.2) is 48.5 Å². The van der Waals surface area contributed by atoms with E-state index in [0.717, 1.165) is 5.56 Å². The minimum absolute atomic E-state index is 0.190. The number of furan rings is 1. The smallest absolute Gasteiger partial charge is 0.322 e. The van der Waals surface area contributed by atoms with E-state index in [1.165, 1.54) is 30.4 Å². The molecule has 0 fully saturated rings. The number of rotatable bonds is 10. The molecular weight excluding hydrogens is 439 g/mol. The molecule has 8 nitrogen and oxygen atoms in total. The lowest BCUT2D eigenvalue weighted by atomic mass is 10.2. The summed E-state index contributed by atoms with van der Waals surface area (Å²) in [4.78, 5) is 29.1. The number of methoxy groups -OCH3 is 1. The van der Waals surface area contributed by atoms with Crippen molar-refractivity contribution in [2.75, 3.05) is 32.1 Å². The first kappa shape index (κ1) is 24.5. The molecule has 1 aromatic heterocycles. The molecule has 0 spiro atoms. The number of anilines is 1. The number of carbonyl (C=O) groups is 2. The number of ether oxygens (including phenoxy) is 1. The maximum atomic E-state index is 13.3. The van der Waals surface area contributed by atoms with E-state index in [1.807, 2.05) is 6.07 Å². The molecule has 0 aliphatic heterocycles. The molecule has 3 aromatic rings. The third kappa shape index (κ3) is 7.18. The number of nitriles is 1. The molecule has 0 saturated carbocycles. The zero-order chi connectivity index (χ0) is 24.3. The van der Waals surface area contributed by atoms with E-state index in [0.29, 0.717) is 17.0 Å². The van der Waals surface area contributed by atoms with Crippen LogP contribution in [0, 0.1) is 17.1 Å². The summed E-state index contributed by atoms with van der Waals surface area (Å²) in [7, 11) is 1.51. The number of amides is 3. The molecule has 0 radical (unpaired) electrons. The Labute approximate surface area is 197 Å². The molecule has 1 heterocycles. The molecule has 0 unspecified atom stereocenters. The van der Waals surface area contributed by atoms with Gasteiger partial charge in [-0.15, -0.1) is 0 Å². The van der Waals surface area contributed by atoms with Gasteiger partial charge in [0.15, 0.2) is 0 Å². The average Bonchev–Trinajstić information content (AvgIpc) is 3.36. The molecular formula is C25H25FN4O4. The molecule has 3 rings (SSSR count). The van der Waals surface area contributed by atoms with E-state index in [4.69, 9.17) is 14.4 Å². The van der Waals surface area contributed by atoms with Crippen LogP contribution in [0.4, 0.5) is 14.9 Å². The van der Waals surface area contributed by atoms with Crippen molar-refractivity contribution in [3.8, 4) is 6.07 Å². The highest BCUT2D eigenvalue weighted by Crippen LogP contribution is 2.14. The van der Waals surface area contributed by atoms with Crippen molar-refractivity contribution in [1.82, 2.24) is 9.80 Å². The maximum Gasteiger partial charge on any atom is 0.322 e. The lowest BCUT2D eigenvalue weighted by Gasteiger charge is -2.27. The SMILES string of the molecule is COCCN(CC(=O)N(Cc1ccc(F)cc1)Cc1ccco1)C(=O)Nc1ccc(C#N)cc1. The van der Waals surface area contributed by atoms with Crippen molar-refractivity contribution in [3.05, 3.63) is 89.6 Å². The van der Waals surface area contributed by atoms with Crippen molar-refractivity contribution < 1.29 is 23.1 Å². The topological polar surface area (TPSA) is 98.8 Å². The van der Waals surface area contributed by atoms with Crippen molar-refractivity contribution in [1.29, 1.82) is 5.26 Å². The van der Waals surface area contributed by atoms with Crippen LogP contribution >= 0.6 is 0 Å². The van der Waals surface area contributed by atoms with Crippen LogP contribution in [0.2, 0.25) is 0 Å². The summed E-state index contributed by atoms with van der Waals surface area (Å²) in [5.74, 6) is -0.0920. The lowest BCUT2D eigenvalue weighted by molar-refractivity contribution is -0.133. The number of hydrogen-bond acceptors (Lipinski definition) is 5. The Hall–Kier alpha value is -4.16. The summed E-state index contributed by atoms with van der Waals surface area (Å²) in [5, 5.41) is 11.7. The number of carbonyl (C=O) groups excluding carboxylic acids is 2. The number of nitrogens with zero attached hydrogens (tertiary/aromatic N) is 3. The van der Waals surface area contributed by atoms with Gasteiger partial charge in [0.05, 0.1) is 31.0 Å². The van der Waals surface area contributed by atoms with E-state index < -0.39 is 6.03 Å². The third-order valence-electron chi connectivity index (χ3n) is 5.01. The number of nitrogens with one attached hydrogen (secondary N) is 1. The Kier molecular flexibility index (Phi) is 8.77. The van der Waals surface area contributed by atoms with Gasteiger partial charge in [-0.2, -0.15) is 5.26 Å². The van der Waals surface area contributed by atoms with Gasteiger partial charge < -0.3 is 24.3 Å². The lowest BCUT2D eigenvalue weighted by Crippen LogP contribution is -2.45. The van der Waals surface area contributed by atoms with Crippen LogP contribution in [-0.2, 0) is 22.6 Å². The Balaban J connectivity index is 1.73. The molecule has 176 valence electrons. The van der Waals surface area contributed by atoms with Gasteiger partial charge >= 0.3 is 6.03 Å². The van der Waals surface area contributed by atoms with E-state index in [9.17, 15) is 14.0 Å². The number of halogens is 1. The normalized spacial score (nSPS) is 10.4. The molecule has 0 saturated heterocycles. The predicted molar refractivity (Wildman–Crippen MR) is 123 cm³/mol. The summed E-state index contributed by atoms with van der Waals surface area (Å²) >= 11 is 0. The van der Waals surface area contributed by atoms with Crippen LogP contribution in [0.1, 0.15) is 16.9 Å². The first-order chi connectivity index (χ1) is 16.5. The third-order valence-corrected chi connectivity index (χ3v) is 5.01. The van der Waals surface area contributed by atoms with Gasteiger partial charge in [-0.3, -0.25) is 4.79 Å². The standard InChI is InChI=1S/C25H25FN4O4/c1-33-14-12-29(25(32)28-22-10-6-19(15-27)7-11-22)18-24(31)30(17-23-3-2-13-34-23)16-20-4-8-21(26)9-5-20/h2-11,13H,12,14,16-18H2,1H3,(H,28,32). The predicted octanol–water partition coefficient (Wildman–Crippen LogP) is 4.00. The van der Waals surface area contributed by atoms with Gasteiger partial charge in [0.2, 0.25) is 5.91 Å². The van der Waals surface area contributed by atoms with Gasteiger partial charge in [0.1, 0.15) is 18.1 Å². The number of benzene rings is 2. The van der Waals surface area contributed by atoms with E-state index in [-0.39, 0.29) is 44.5 Å². The van der Waals surface area contributed by atoms with E-state index in [2.05, 4.69) is 5.32 Å². The minimum atomic E-state index is -0.477. The van der Waals surface area contributed by atoms with Crippen LogP contribution in [0.25, 0.3) is 0 Å². The first-order valence-electron chi connectivity index (χ1n) is 10.6. The highest BCUT2D eigenvalue weighted by molar-refractivity contribution is 5.92. The van der Waals surface area contributed by atoms with Gasteiger partial charge in [-0.05, 0) is 54.1 Å². The van der Waals surface area contributed by atoms with Gasteiger partial charge in [-0.1, -0.05) is 12.1 Å². The summed E-state index contributed by atoms with van der Waals surface area (Å²) in [5.41, 5.74) is 1.71. The van der Waals surface area contributed by atoms with Crippen molar-refractivity contribution in [3.63, 3.8) is 0 Å². The molecule has 2 aromatic carbocycles. The Morgan fingerprint density at radius 1 is 1.06 bits per heavy atom. The van der Waals surface area contributed by atoms with Gasteiger partial charge in [0, 0.05) is 25.9 Å². The van der Waals surface area contributed by atoms with E-state index in [1.54, 1.807) is 53.4 Å². The molecule has 1 N–H and O–H groups in total. The largest absolute Gasteiger partial charge is 0.467 e. The summed E-state index contributed by atoms with van der Waals surface area (Å²) in [6.07, 6.45) is 1.52. The Bertz CT molecular complexity index is 1110. The fourth-order valence-corrected chi connectivity index (χ4v) is 3.18. The fraction of sp³-hybridized carbons (Fsp3) is 0.240. The van der Waals surface area contributed by atoms with Crippen LogP contribution in [0.5, 0.6) is 0 Å². The minimum Gasteiger partial charge on any atom is -0.467 e. The van der Waals surface area contributed by atoms with Crippen LogP contribution in [0.3, 0.4) is 0 Å². The Morgan fingerprint density at radius 3 is 2.41 bits per heavy atom. The molecule has 0 aliphatic rings. The molecule has 34 heavy (non-hydrogen) atoms. The Morgan fingerprint density at radius 2 is 1.79 bits per heavy atom. The summed E-state index contributed by atoms with van der Waals surface area (Å²) in [6.45, 7) is 0.640. The highest BCUT2D eigenvalue weighted by atomic mass is 19.1. The van der Waals surface area contributed by atoms with Crippen LogP contribution < -0.4 is 5.32 Å². The fourth-order valence-electron chi connectivity index (χ4n) is 3.18. The molecule has 9 heteroatoms. The molecule has 0 aliphatic carbocycles. The highest BCUT2D eigenvalue weighted by Gasteiger charge is 2.22. The zero-order valence-electron chi connectivity index (χ0n) is 18.7. The molecule has 3 amide bonds. The zero-order valence-corrected chi connectivity index (χ0v) is 18.7. The molecule has 0 bridgehead atoms. The first-order valence-corrected chi connectivity index (χ1v) is 10.6. The van der Waals surface area contributed by atoms with Crippen LogP contribution in [0.15, 0.2) is 71.3 Å². The maximum absolute atomic E-state index is 13.3.